The minimum absolute atomic E-state index is 0.00736. The number of carbonyl (C=O) groups is 2. The smallest absolute Gasteiger partial charge is 0.242 e. The van der Waals surface area contributed by atoms with Crippen molar-refractivity contribution in [1.29, 1.82) is 0 Å². The van der Waals surface area contributed by atoms with Gasteiger partial charge in [-0.3, -0.25) is 9.59 Å². The van der Waals surface area contributed by atoms with Gasteiger partial charge >= 0.3 is 0 Å². The lowest BCUT2D eigenvalue weighted by Crippen LogP contribution is -2.57. The predicted molar refractivity (Wildman–Crippen MR) is 77.8 cm³/mol. The maximum Gasteiger partial charge on any atom is 0.242 e. The molecule has 1 aliphatic heterocycles. The molecule has 8 heteroatoms. The highest BCUT2D eigenvalue weighted by molar-refractivity contribution is 7.99. The maximum atomic E-state index is 12.4. The van der Waals surface area contributed by atoms with Crippen molar-refractivity contribution >= 4 is 23.6 Å². The summed E-state index contributed by atoms with van der Waals surface area (Å²) in [6.45, 7) is 3.04. The summed E-state index contributed by atoms with van der Waals surface area (Å²) in [5.74, 6) is 0.241. The highest BCUT2D eigenvalue weighted by Gasteiger charge is 2.32. The van der Waals surface area contributed by atoms with Crippen molar-refractivity contribution in [2.75, 3.05) is 18.8 Å². The summed E-state index contributed by atoms with van der Waals surface area (Å²) in [6.07, 6.45) is 4.68. The van der Waals surface area contributed by atoms with Crippen LogP contribution in [-0.2, 0) is 9.59 Å². The molecule has 2 aliphatic rings. The Balaban J connectivity index is 1.60. The maximum absolute atomic E-state index is 12.4. The molecule has 1 aromatic heterocycles. The summed E-state index contributed by atoms with van der Waals surface area (Å²) >= 11 is 1.40. The van der Waals surface area contributed by atoms with Gasteiger partial charge in [0.05, 0.1) is 5.75 Å². The molecule has 1 atom stereocenters. The quantitative estimate of drug-likeness (QED) is 0.799. The SMILES string of the molecule is CCC1C(=O)NCCN1C(=O)CSc1nncn1C1CC1. The Labute approximate surface area is 127 Å². The van der Waals surface area contributed by atoms with Gasteiger partial charge in [-0.1, -0.05) is 18.7 Å². The third kappa shape index (κ3) is 3.04. The number of carbonyl (C=O) groups excluding carboxylic acids is 2. The lowest BCUT2D eigenvalue weighted by atomic mass is 10.1. The minimum Gasteiger partial charge on any atom is -0.353 e. The second-order valence-corrected chi connectivity index (χ2v) is 6.29. The molecule has 1 aliphatic carbocycles. The molecule has 2 heterocycles. The van der Waals surface area contributed by atoms with E-state index in [1.165, 1.54) is 11.8 Å². The van der Waals surface area contributed by atoms with E-state index in [0.717, 1.165) is 18.0 Å². The lowest BCUT2D eigenvalue weighted by molar-refractivity contribution is -0.141. The van der Waals surface area contributed by atoms with E-state index in [-0.39, 0.29) is 17.9 Å². The van der Waals surface area contributed by atoms with Gasteiger partial charge in [0, 0.05) is 19.1 Å². The van der Waals surface area contributed by atoms with Crippen LogP contribution in [0.2, 0.25) is 0 Å². The van der Waals surface area contributed by atoms with Crippen LogP contribution >= 0.6 is 11.8 Å². The van der Waals surface area contributed by atoms with Crippen LogP contribution in [0, 0.1) is 0 Å². The lowest BCUT2D eigenvalue weighted by Gasteiger charge is -2.34. The fraction of sp³-hybridized carbons (Fsp3) is 0.692. The first-order chi connectivity index (χ1) is 10.2. The molecule has 2 fully saturated rings. The van der Waals surface area contributed by atoms with Crippen molar-refractivity contribution in [2.45, 2.75) is 43.4 Å². The molecule has 0 spiro atoms. The van der Waals surface area contributed by atoms with E-state index in [9.17, 15) is 9.59 Å². The Bertz CT molecular complexity index is 542. The molecule has 1 N–H and O–H groups in total. The third-order valence-electron chi connectivity index (χ3n) is 3.84. The summed E-state index contributed by atoms with van der Waals surface area (Å²) in [4.78, 5) is 25.8. The minimum atomic E-state index is -0.340. The molecule has 114 valence electrons. The summed E-state index contributed by atoms with van der Waals surface area (Å²) in [5, 5.41) is 11.6. The molecular formula is C13H19N5O2S. The van der Waals surface area contributed by atoms with E-state index in [1.54, 1.807) is 11.2 Å². The number of piperazine rings is 1. The summed E-state index contributed by atoms with van der Waals surface area (Å²) in [6, 6.07) is 0.162. The van der Waals surface area contributed by atoms with Gasteiger partial charge in [0.25, 0.3) is 0 Å². The molecule has 0 radical (unpaired) electrons. The molecule has 1 aromatic rings. The predicted octanol–water partition coefficient (Wildman–Crippen LogP) is 0.442. The second kappa shape index (κ2) is 6.05. The zero-order chi connectivity index (χ0) is 14.8. The van der Waals surface area contributed by atoms with Crippen LogP contribution in [0.15, 0.2) is 11.5 Å². The number of nitrogens with zero attached hydrogens (tertiary/aromatic N) is 4. The van der Waals surface area contributed by atoms with Crippen LogP contribution < -0.4 is 5.32 Å². The first-order valence-electron chi connectivity index (χ1n) is 7.30. The van der Waals surface area contributed by atoms with Crippen molar-refractivity contribution in [3.8, 4) is 0 Å². The third-order valence-corrected chi connectivity index (χ3v) is 4.79. The molecule has 3 rings (SSSR count). The molecular weight excluding hydrogens is 290 g/mol. The van der Waals surface area contributed by atoms with Gasteiger partial charge in [-0.2, -0.15) is 0 Å². The van der Waals surface area contributed by atoms with Crippen LogP contribution in [0.4, 0.5) is 0 Å². The molecule has 1 unspecified atom stereocenters. The monoisotopic (exact) mass is 309 g/mol. The van der Waals surface area contributed by atoms with Crippen molar-refractivity contribution < 1.29 is 9.59 Å². The van der Waals surface area contributed by atoms with Gasteiger partial charge in [0.2, 0.25) is 11.8 Å². The van der Waals surface area contributed by atoms with Crippen molar-refractivity contribution in [1.82, 2.24) is 25.0 Å². The van der Waals surface area contributed by atoms with E-state index >= 15 is 0 Å². The standard InChI is InChI=1S/C13H19N5O2S/c1-2-10-12(20)14-5-6-17(10)11(19)7-21-13-16-15-8-18(13)9-3-4-9/h8-10H,2-7H2,1H3,(H,14,20). The molecule has 1 saturated heterocycles. The Morgan fingerprint density at radius 1 is 1.52 bits per heavy atom. The van der Waals surface area contributed by atoms with Gasteiger partial charge < -0.3 is 14.8 Å². The van der Waals surface area contributed by atoms with Crippen LogP contribution in [0.25, 0.3) is 0 Å². The molecule has 2 amide bonds. The zero-order valence-corrected chi connectivity index (χ0v) is 12.8. The van der Waals surface area contributed by atoms with Crippen molar-refractivity contribution in [3.63, 3.8) is 0 Å². The molecule has 0 bridgehead atoms. The summed E-state index contributed by atoms with van der Waals surface area (Å²) in [5.41, 5.74) is 0. The second-order valence-electron chi connectivity index (χ2n) is 5.34. The molecule has 0 aromatic carbocycles. The first-order valence-corrected chi connectivity index (χ1v) is 8.28. The normalized spacial score (nSPS) is 22.2. The number of thioether (sulfide) groups is 1. The first kappa shape index (κ1) is 14.4. The van der Waals surface area contributed by atoms with Gasteiger partial charge in [-0.05, 0) is 19.3 Å². The fourth-order valence-electron chi connectivity index (χ4n) is 2.57. The highest BCUT2D eigenvalue weighted by Crippen LogP contribution is 2.37. The van der Waals surface area contributed by atoms with Crippen LogP contribution in [0.5, 0.6) is 0 Å². The number of nitrogens with one attached hydrogen (secondary N) is 1. The number of hydrogen-bond acceptors (Lipinski definition) is 5. The van der Waals surface area contributed by atoms with Crippen LogP contribution in [-0.4, -0.2) is 56.4 Å². The van der Waals surface area contributed by atoms with E-state index in [0.29, 0.717) is 31.3 Å². The largest absolute Gasteiger partial charge is 0.353 e. The van der Waals surface area contributed by atoms with Gasteiger partial charge in [-0.15, -0.1) is 10.2 Å². The van der Waals surface area contributed by atoms with Gasteiger partial charge in [0.1, 0.15) is 12.4 Å². The molecule has 21 heavy (non-hydrogen) atoms. The Morgan fingerprint density at radius 3 is 3.05 bits per heavy atom. The van der Waals surface area contributed by atoms with E-state index in [4.69, 9.17) is 0 Å². The summed E-state index contributed by atoms with van der Waals surface area (Å²) < 4.78 is 2.04. The van der Waals surface area contributed by atoms with Gasteiger partial charge in [0.15, 0.2) is 5.16 Å². The van der Waals surface area contributed by atoms with E-state index in [1.807, 2.05) is 11.5 Å². The molecule has 7 nitrogen and oxygen atoms in total. The average Bonchev–Trinajstić information content (AvgIpc) is 3.23. The Hall–Kier alpha value is -1.57. The number of amides is 2. The summed E-state index contributed by atoms with van der Waals surface area (Å²) in [7, 11) is 0. The zero-order valence-electron chi connectivity index (χ0n) is 12.0. The van der Waals surface area contributed by atoms with Crippen LogP contribution in [0.1, 0.15) is 32.2 Å². The Morgan fingerprint density at radius 2 is 2.33 bits per heavy atom. The average molecular weight is 309 g/mol. The highest BCUT2D eigenvalue weighted by atomic mass is 32.2. The number of aromatic nitrogens is 3. The number of hydrogen-bond donors (Lipinski definition) is 1. The number of rotatable bonds is 5. The Kier molecular flexibility index (Phi) is 4.14. The molecule has 1 saturated carbocycles. The van der Waals surface area contributed by atoms with Crippen molar-refractivity contribution in [2.24, 2.45) is 0 Å². The fourth-order valence-corrected chi connectivity index (χ4v) is 3.44. The van der Waals surface area contributed by atoms with Crippen LogP contribution in [0.3, 0.4) is 0 Å². The van der Waals surface area contributed by atoms with E-state index in [2.05, 4.69) is 15.5 Å². The topological polar surface area (TPSA) is 80.1 Å². The van der Waals surface area contributed by atoms with E-state index < -0.39 is 0 Å². The van der Waals surface area contributed by atoms with Gasteiger partial charge in [-0.25, -0.2) is 0 Å². The van der Waals surface area contributed by atoms with Crippen molar-refractivity contribution in [3.05, 3.63) is 6.33 Å².